The molecule has 0 atom stereocenters. The minimum Gasteiger partial charge on any atom is -0.488 e. The smallest absolute Gasteiger partial charge is 0.270 e. The highest BCUT2D eigenvalue weighted by Gasteiger charge is 2.34. The van der Waals surface area contributed by atoms with E-state index >= 15 is 0 Å². The molecule has 3 aromatic rings. The summed E-state index contributed by atoms with van der Waals surface area (Å²) in [6, 6.07) is 18.3. The molecule has 166 valence electrons. The summed E-state index contributed by atoms with van der Waals surface area (Å²) in [5, 5.41) is 2.59. The summed E-state index contributed by atoms with van der Waals surface area (Å²) in [6.45, 7) is 0.264. The fourth-order valence-corrected chi connectivity index (χ4v) is 4.17. The number of halogens is 3. The Morgan fingerprint density at radius 1 is 1.00 bits per heavy atom. The van der Waals surface area contributed by atoms with Gasteiger partial charge < -0.3 is 4.74 Å². The Hall–Kier alpha value is -2.88. The Bertz CT molecular complexity index is 1280. The first-order chi connectivity index (χ1) is 15.8. The molecule has 1 heterocycles. The number of thiocarbonyl (C=S) groups is 1. The maximum Gasteiger partial charge on any atom is 0.270 e. The third-order valence-electron chi connectivity index (χ3n) is 4.76. The van der Waals surface area contributed by atoms with E-state index in [2.05, 4.69) is 37.2 Å². The van der Waals surface area contributed by atoms with Crippen LogP contribution >= 0.6 is 44.1 Å². The number of amides is 2. The van der Waals surface area contributed by atoms with Gasteiger partial charge in [0.1, 0.15) is 23.7 Å². The lowest BCUT2D eigenvalue weighted by Crippen LogP contribution is -2.54. The van der Waals surface area contributed by atoms with E-state index in [1.165, 1.54) is 23.1 Å². The first-order valence-corrected chi connectivity index (χ1v) is 11.6. The normalized spacial score (nSPS) is 15.1. The number of nitrogens with one attached hydrogen (secondary N) is 1. The molecule has 4 rings (SSSR count). The molecule has 0 radical (unpaired) electrons. The van der Waals surface area contributed by atoms with Crippen molar-refractivity contribution < 1.29 is 18.7 Å². The van der Waals surface area contributed by atoms with Crippen LogP contribution in [0.1, 0.15) is 11.1 Å². The molecule has 2 amide bonds. The van der Waals surface area contributed by atoms with Gasteiger partial charge in [-0.2, -0.15) is 0 Å². The van der Waals surface area contributed by atoms with Gasteiger partial charge in [0.15, 0.2) is 5.11 Å². The van der Waals surface area contributed by atoms with Crippen molar-refractivity contribution in [2.24, 2.45) is 0 Å². The van der Waals surface area contributed by atoms with Crippen molar-refractivity contribution in [2.45, 2.75) is 6.61 Å². The number of ether oxygens (including phenoxy) is 1. The molecule has 9 heteroatoms. The van der Waals surface area contributed by atoms with Crippen LogP contribution in [0.15, 0.2) is 81.2 Å². The van der Waals surface area contributed by atoms with Crippen LogP contribution in [0.5, 0.6) is 5.75 Å². The Morgan fingerprint density at radius 2 is 1.70 bits per heavy atom. The number of carbonyl (C=O) groups is 2. The molecule has 1 fully saturated rings. The third kappa shape index (κ3) is 5.38. The molecular formula is C24H15Br2FN2O3S. The van der Waals surface area contributed by atoms with Crippen molar-refractivity contribution in [1.29, 1.82) is 0 Å². The fourth-order valence-electron chi connectivity index (χ4n) is 3.11. The van der Waals surface area contributed by atoms with Gasteiger partial charge in [-0.1, -0.05) is 34.1 Å². The van der Waals surface area contributed by atoms with E-state index in [0.717, 1.165) is 10.0 Å². The second-order valence-electron chi connectivity index (χ2n) is 7.04. The van der Waals surface area contributed by atoms with Crippen molar-refractivity contribution in [2.75, 3.05) is 4.90 Å². The fraction of sp³-hybridized carbons (Fsp3) is 0.0417. The van der Waals surface area contributed by atoms with Gasteiger partial charge in [-0.25, -0.2) is 4.39 Å². The second kappa shape index (κ2) is 9.94. The van der Waals surface area contributed by atoms with Crippen LogP contribution in [0.25, 0.3) is 6.08 Å². The zero-order valence-electron chi connectivity index (χ0n) is 16.8. The van der Waals surface area contributed by atoms with Gasteiger partial charge in [0.2, 0.25) is 0 Å². The molecule has 1 saturated heterocycles. The second-order valence-corrected chi connectivity index (χ2v) is 9.20. The number of hydrogen-bond acceptors (Lipinski definition) is 4. The molecule has 0 aromatic heterocycles. The molecular weight excluding hydrogens is 575 g/mol. The maximum atomic E-state index is 13.1. The van der Waals surface area contributed by atoms with Crippen molar-refractivity contribution in [3.63, 3.8) is 0 Å². The Kier molecular flexibility index (Phi) is 7.02. The zero-order valence-corrected chi connectivity index (χ0v) is 20.8. The van der Waals surface area contributed by atoms with Crippen LogP contribution < -0.4 is 15.0 Å². The number of hydrogen-bond donors (Lipinski definition) is 1. The van der Waals surface area contributed by atoms with Crippen molar-refractivity contribution in [1.82, 2.24) is 5.32 Å². The van der Waals surface area contributed by atoms with Gasteiger partial charge in [-0.05, 0) is 93.9 Å². The van der Waals surface area contributed by atoms with E-state index < -0.39 is 11.8 Å². The first kappa shape index (κ1) is 23.3. The van der Waals surface area contributed by atoms with Crippen LogP contribution in [0, 0.1) is 5.82 Å². The summed E-state index contributed by atoms with van der Waals surface area (Å²) in [4.78, 5) is 26.9. The Balaban J connectivity index is 1.55. The van der Waals surface area contributed by atoms with E-state index in [1.807, 2.05) is 0 Å². The van der Waals surface area contributed by atoms with E-state index in [4.69, 9.17) is 17.0 Å². The molecule has 0 unspecified atom stereocenters. The average Bonchev–Trinajstić information content (AvgIpc) is 2.78. The van der Waals surface area contributed by atoms with Crippen molar-refractivity contribution in [3.05, 3.63) is 98.2 Å². The van der Waals surface area contributed by atoms with E-state index in [1.54, 1.807) is 54.6 Å². The maximum absolute atomic E-state index is 13.1. The molecule has 0 aliphatic carbocycles. The quantitative estimate of drug-likeness (QED) is 0.233. The summed E-state index contributed by atoms with van der Waals surface area (Å²) in [6.07, 6.45) is 1.50. The van der Waals surface area contributed by atoms with Crippen molar-refractivity contribution >= 4 is 72.8 Å². The molecule has 33 heavy (non-hydrogen) atoms. The number of rotatable bonds is 5. The minimum atomic E-state index is -0.564. The van der Waals surface area contributed by atoms with Gasteiger partial charge in [0.25, 0.3) is 11.8 Å². The zero-order chi connectivity index (χ0) is 23.5. The molecule has 0 bridgehead atoms. The lowest BCUT2D eigenvalue weighted by molar-refractivity contribution is -0.122. The molecule has 1 aliphatic heterocycles. The average molecular weight is 590 g/mol. The number of anilines is 1. The van der Waals surface area contributed by atoms with Crippen LogP contribution in [0.3, 0.4) is 0 Å². The molecule has 3 aromatic carbocycles. The van der Waals surface area contributed by atoms with E-state index in [0.29, 0.717) is 21.5 Å². The summed E-state index contributed by atoms with van der Waals surface area (Å²) in [5.41, 5.74) is 1.95. The Labute approximate surface area is 211 Å². The lowest BCUT2D eigenvalue weighted by Gasteiger charge is -2.29. The standard InChI is InChI=1S/C24H15Br2FN2O3S/c25-16-4-8-18(9-5-16)29-23(31)19(22(30)28-24(29)33)11-15-3-10-21(20(26)12-15)32-13-14-1-6-17(27)7-2-14/h1-12H,13H2,(H,28,30,33)/b19-11+. The predicted octanol–water partition coefficient (Wildman–Crippen LogP) is 5.76. The summed E-state index contributed by atoms with van der Waals surface area (Å²) >= 11 is 12.0. The van der Waals surface area contributed by atoms with Crippen LogP contribution in [-0.4, -0.2) is 16.9 Å². The minimum absolute atomic E-state index is 0.0233. The van der Waals surface area contributed by atoms with Crippen LogP contribution in [-0.2, 0) is 16.2 Å². The van der Waals surface area contributed by atoms with Crippen molar-refractivity contribution in [3.8, 4) is 5.75 Å². The van der Waals surface area contributed by atoms with Gasteiger partial charge >= 0.3 is 0 Å². The van der Waals surface area contributed by atoms with E-state index in [-0.39, 0.29) is 23.1 Å². The summed E-state index contributed by atoms with van der Waals surface area (Å²) in [5.74, 6) is -0.818. The highest BCUT2D eigenvalue weighted by atomic mass is 79.9. The lowest BCUT2D eigenvalue weighted by atomic mass is 10.1. The SMILES string of the molecule is O=C1NC(=S)N(c2ccc(Br)cc2)C(=O)/C1=C/c1ccc(OCc2ccc(F)cc2)c(Br)c1. The Morgan fingerprint density at radius 3 is 2.36 bits per heavy atom. The molecule has 1 aliphatic rings. The first-order valence-electron chi connectivity index (χ1n) is 9.65. The predicted molar refractivity (Wildman–Crippen MR) is 135 cm³/mol. The highest BCUT2D eigenvalue weighted by Crippen LogP contribution is 2.29. The van der Waals surface area contributed by atoms with Crippen LogP contribution in [0.4, 0.5) is 10.1 Å². The summed E-state index contributed by atoms with van der Waals surface area (Å²) in [7, 11) is 0. The highest BCUT2D eigenvalue weighted by molar-refractivity contribution is 9.10. The monoisotopic (exact) mass is 588 g/mol. The third-order valence-corrected chi connectivity index (χ3v) is 6.19. The van der Waals surface area contributed by atoms with E-state index in [9.17, 15) is 14.0 Å². The van der Waals surface area contributed by atoms with Gasteiger partial charge in [0, 0.05) is 4.47 Å². The molecule has 0 saturated carbocycles. The van der Waals surface area contributed by atoms with Gasteiger partial charge in [0.05, 0.1) is 10.2 Å². The number of benzene rings is 3. The molecule has 5 nitrogen and oxygen atoms in total. The number of nitrogens with zero attached hydrogens (tertiary/aromatic N) is 1. The summed E-state index contributed by atoms with van der Waals surface area (Å²) < 4.78 is 20.3. The number of carbonyl (C=O) groups excluding carboxylic acids is 2. The van der Waals surface area contributed by atoms with Gasteiger partial charge in [-0.15, -0.1) is 0 Å². The molecule has 0 spiro atoms. The van der Waals surface area contributed by atoms with Crippen LogP contribution in [0.2, 0.25) is 0 Å². The topological polar surface area (TPSA) is 58.6 Å². The molecule has 1 N–H and O–H groups in total. The largest absolute Gasteiger partial charge is 0.488 e. The van der Waals surface area contributed by atoms with Gasteiger partial charge in [-0.3, -0.25) is 19.8 Å².